The number of carbonyl (C=O) groups excluding carboxylic acids is 1. The van der Waals surface area contributed by atoms with E-state index in [1.54, 1.807) is 17.8 Å². The van der Waals surface area contributed by atoms with Crippen molar-refractivity contribution in [2.24, 2.45) is 11.3 Å². The highest BCUT2D eigenvalue weighted by Gasteiger charge is 2.74. The predicted molar refractivity (Wildman–Crippen MR) is 144 cm³/mol. The summed E-state index contributed by atoms with van der Waals surface area (Å²) in [5.74, 6) is 0.678. The Balaban J connectivity index is 1.20. The van der Waals surface area contributed by atoms with Crippen LogP contribution in [0.1, 0.15) is 39.0 Å². The Kier molecular flexibility index (Phi) is 5.93. The highest BCUT2D eigenvalue weighted by molar-refractivity contribution is 9.10. The van der Waals surface area contributed by atoms with Gasteiger partial charge in [0.25, 0.3) is 0 Å². The van der Waals surface area contributed by atoms with E-state index in [1.165, 1.54) is 0 Å². The zero-order valence-corrected chi connectivity index (χ0v) is 22.2. The number of aromatic nitrogens is 3. The Morgan fingerprint density at radius 2 is 1.95 bits per heavy atom. The zero-order valence-electron chi connectivity index (χ0n) is 20.6. The third kappa shape index (κ3) is 3.90. The molecule has 2 aliphatic carbocycles. The van der Waals surface area contributed by atoms with Crippen LogP contribution in [0.2, 0.25) is 0 Å². The maximum atomic E-state index is 15.3. The Bertz CT molecular complexity index is 1340. The summed E-state index contributed by atoms with van der Waals surface area (Å²) in [7, 11) is 0. The summed E-state index contributed by atoms with van der Waals surface area (Å²) in [6.45, 7) is 1.91. The Morgan fingerprint density at radius 3 is 2.62 bits per heavy atom. The maximum Gasteiger partial charge on any atom is 0.344 e. The number of hydrogen-bond donors (Lipinski definition) is 2. The maximum absolute atomic E-state index is 15.3. The summed E-state index contributed by atoms with van der Waals surface area (Å²) in [5, 5.41) is 16.9. The average Bonchev–Trinajstić information content (AvgIpc) is 3.28. The van der Waals surface area contributed by atoms with Gasteiger partial charge in [-0.2, -0.15) is 5.10 Å². The molecule has 3 aromatic rings. The molecule has 192 valence electrons. The Labute approximate surface area is 223 Å². The van der Waals surface area contributed by atoms with Crippen LogP contribution in [0.4, 0.5) is 10.2 Å². The van der Waals surface area contributed by atoms with E-state index in [9.17, 15) is 4.79 Å². The van der Waals surface area contributed by atoms with Gasteiger partial charge in [-0.15, -0.1) is 0 Å². The number of nitrogens with one attached hydrogen (secondary N) is 2. The van der Waals surface area contributed by atoms with Crippen molar-refractivity contribution in [1.82, 2.24) is 14.8 Å². The number of anilines is 1. The fourth-order valence-corrected chi connectivity index (χ4v) is 6.93. The second kappa shape index (κ2) is 9.04. The number of carbonyl (C=O) groups is 1. The van der Waals surface area contributed by atoms with Gasteiger partial charge >= 0.3 is 5.97 Å². The van der Waals surface area contributed by atoms with Gasteiger partial charge in [0.15, 0.2) is 0 Å². The molecule has 0 bridgehead atoms. The van der Waals surface area contributed by atoms with E-state index in [0.29, 0.717) is 18.7 Å². The lowest BCUT2D eigenvalue weighted by Gasteiger charge is -2.40. The molecule has 2 aromatic heterocycles. The monoisotopic (exact) mass is 565 g/mol. The smallest absolute Gasteiger partial charge is 0.344 e. The standard InChI is InChI=1S/C28H29BrFN5O2/c1-2-37-26(36)28(30)16-27(28)12-10-18(11-13-27)23-22(29)24(31)35-25(34-23)20(15-33-35)19-8-9-21(32-14-19)17-6-4-3-5-7-17/h3-9,14-15,18,22-23,31,34H,2,10-13,16H2,1H3. The van der Waals surface area contributed by atoms with Crippen molar-refractivity contribution in [2.75, 3.05) is 11.9 Å². The molecule has 2 N–H and O–H groups in total. The van der Waals surface area contributed by atoms with Gasteiger partial charge in [0.2, 0.25) is 5.67 Å². The molecule has 3 atom stereocenters. The van der Waals surface area contributed by atoms with E-state index in [-0.39, 0.29) is 29.8 Å². The first-order chi connectivity index (χ1) is 17.9. The summed E-state index contributed by atoms with van der Waals surface area (Å²) < 4.78 is 22.0. The van der Waals surface area contributed by atoms with E-state index >= 15 is 4.39 Å². The van der Waals surface area contributed by atoms with Gasteiger partial charge in [-0.25, -0.2) is 13.9 Å². The number of rotatable bonds is 5. The molecule has 1 aliphatic heterocycles. The Hall–Kier alpha value is -3.07. The fraction of sp³-hybridized carbons (Fsp3) is 0.429. The minimum absolute atomic E-state index is 0.0419. The van der Waals surface area contributed by atoms with E-state index in [0.717, 1.165) is 41.0 Å². The Morgan fingerprint density at radius 1 is 1.19 bits per heavy atom. The number of esters is 1. The highest BCUT2D eigenvalue weighted by Crippen LogP contribution is 2.68. The second-order valence-corrected chi connectivity index (χ2v) is 11.4. The van der Waals surface area contributed by atoms with Crippen LogP contribution in [0, 0.1) is 16.7 Å². The molecule has 3 aliphatic rings. The SMILES string of the molecule is CCOC(=O)C1(F)CC12CCC(C1Nc3c(-c4ccc(-c5ccccc5)nc4)cnn3C(=N)C1Br)CC2. The summed E-state index contributed by atoms with van der Waals surface area (Å²) in [6.07, 6.45) is 6.75. The normalized spacial score (nSPS) is 30.5. The first-order valence-electron chi connectivity index (χ1n) is 12.8. The summed E-state index contributed by atoms with van der Waals surface area (Å²) >= 11 is 3.73. The molecule has 3 heterocycles. The number of alkyl halides is 2. The molecular weight excluding hydrogens is 537 g/mol. The molecule has 1 aromatic carbocycles. The van der Waals surface area contributed by atoms with E-state index in [4.69, 9.17) is 10.1 Å². The van der Waals surface area contributed by atoms with E-state index in [1.807, 2.05) is 48.7 Å². The third-order valence-electron chi connectivity index (χ3n) is 8.41. The first kappa shape index (κ1) is 24.3. The number of ether oxygens (including phenoxy) is 1. The van der Waals surface area contributed by atoms with Crippen LogP contribution in [0.15, 0.2) is 54.9 Å². The van der Waals surface area contributed by atoms with Crippen molar-refractivity contribution in [3.63, 3.8) is 0 Å². The van der Waals surface area contributed by atoms with Crippen LogP contribution < -0.4 is 5.32 Å². The fourth-order valence-electron chi connectivity index (χ4n) is 6.17. The van der Waals surface area contributed by atoms with E-state index < -0.39 is 17.1 Å². The van der Waals surface area contributed by atoms with Crippen LogP contribution in [-0.4, -0.2) is 49.7 Å². The molecule has 2 fully saturated rings. The number of fused-ring (bicyclic) bond motifs is 1. The molecule has 7 nitrogen and oxygen atoms in total. The van der Waals surface area contributed by atoms with Gasteiger partial charge in [0.1, 0.15) is 11.7 Å². The lowest BCUT2D eigenvalue weighted by molar-refractivity contribution is -0.153. The molecule has 2 saturated carbocycles. The minimum Gasteiger partial charge on any atom is -0.464 e. The van der Waals surface area contributed by atoms with Crippen LogP contribution in [0.5, 0.6) is 0 Å². The predicted octanol–water partition coefficient (Wildman–Crippen LogP) is 5.85. The van der Waals surface area contributed by atoms with Crippen LogP contribution in [0.3, 0.4) is 0 Å². The second-order valence-electron chi connectivity index (χ2n) is 10.4. The molecular formula is C28H29BrFN5O2. The van der Waals surface area contributed by atoms with Crippen LogP contribution in [0.25, 0.3) is 22.4 Å². The van der Waals surface area contributed by atoms with Gasteiger partial charge in [0.05, 0.1) is 29.4 Å². The summed E-state index contributed by atoms with van der Waals surface area (Å²) in [4.78, 5) is 16.6. The van der Waals surface area contributed by atoms with Gasteiger partial charge in [0, 0.05) is 34.7 Å². The molecule has 1 spiro atoms. The van der Waals surface area contributed by atoms with Crippen molar-refractivity contribution < 1.29 is 13.9 Å². The van der Waals surface area contributed by atoms with Crippen molar-refractivity contribution >= 4 is 33.6 Å². The van der Waals surface area contributed by atoms with Gasteiger partial charge < -0.3 is 10.1 Å². The van der Waals surface area contributed by atoms with Gasteiger partial charge in [-0.1, -0.05) is 52.3 Å². The molecule has 0 saturated heterocycles. The van der Waals surface area contributed by atoms with Crippen LogP contribution >= 0.6 is 15.9 Å². The topological polar surface area (TPSA) is 92.9 Å². The van der Waals surface area contributed by atoms with Crippen molar-refractivity contribution in [1.29, 1.82) is 5.41 Å². The number of nitrogens with zero attached hydrogens (tertiary/aromatic N) is 3. The minimum atomic E-state index is -1.83. The molecule has 6 rings (SSSR count). The number of benzene rings is 1. The number of halogens is 2. The summed E-state index contributed by atoms with van der Waals surface area (Å²) in [5.41, 5.74) is 1.34. The molecule has 0 amide bonds. The third-order valence-corrected chi connectivity index (χ3v) is 9.42. The lowest BCUT2D eigenvalue weighted by atomic mass is 9.74. The van der Waals surface area contributed by atoms with Crippen molar-refractivity contribution in [3.8, 4) is 22.4 Å². The van der Waals surface area contributed by atoms with Crippen molar-refractivity contribution in [3.05, 3.63) is 54.9 Å². The quantitative estimate of drug-likeness (QED) is 0.299. The van der Waals surface area contributed by atoms with Gasteiger partial charge in [-0.3, -0.25) is 10.4 Å². The van der Waals surface area contributed by atoms with Crippen LogP contribution in [-0.2, 0) is 9.53 Å². The molecule has 0 radical (unpaired) electrons. The number of pyridine rings is 1. The molecule has 9 heteroatoms. The van der Waals surface area contributed by atoms with Gasteiger partial charge in [-0.05, 0) is 44.6 Å². The summed E-state index contributed by atoms with van der Waals surface area (Å²) in [6, 6.07) is 14.0. The average molecular weight is 566 g/mol. The first-order valence-corrected chi connectivity index (χ1v) is 13.7. The highest BCUT2D eigenvalue weighted by atomic mass is 79.9. The molecule has 37 heavy (non-hydrogen) atoms. The molecule has 3 unspecified atom stereocenters. The lowest BCUT2D eigenvalue weighted by Crippen LogP contribution is -2.49. The largest absolute Gasteiger partial charge is 0.464 e. The van der Waals surface area contributed by atoms with Crippen molar-refractivity contribution in [2.45, 2.75) is 55.6 Å². The zero-order chi connectivity index (χ0) is 25.8. The van der Waals surface area contributed by atoms with E-state index in [2.05, 4.69) is 31.3 Å². The number of hydrogen-bond acceptors (Lipinski definition) is 6.